The molecule has 3 N–H and O–H groups in total. The van der Waals surface area contributed by atoms with Crippen molar-refractivity contribution in [3.05, 3.63) is 51.7 Å². The van der Waals surface area contributed by atoms with Crippen LogP contribution in [-0.4, -0.2) is 24.6 Å². The van der Waals surface area contributed by atoms with Gasteiger partial charge in [-0.2, -0.15) is 26.3 Å². The van der Waals surface area contributed by atoms with Crippen molar-refractivity contribution in [3.63, 3.8) is 0 Å². The van der Waals surface area contributed by atoms with Crippen molar-refractivity contribution in [2.24, 2.45) is 0 Å². The molecule has 0 saturated carbocycles. The summed E-state index contributed by atoms with van der Waals surface area (Å²) in [6.07, 6.45) is -19.0. The summed E-state index contributed by atoms with van der Waals surface area (Å²) in [5, 5.41) is 1.64. The van der Waals surface area contributed by atoms with Gasteiger partial charge in [0, 0.05) is 5.56 Å². The number of ether oxygens (including phenoxy) is 1. The molecule has 0 radical (unpaired) electrons. The number of nitrogens with one attached hydrogen (secondary N) is 1. The SMILES string of the molecule is Nc1cccc(C(=O)Nc2ccc(C(F)(C(F)(F)F)C(F)(F)F)c(Br)c2OC(F)(F)F)c1F. The number of carbonyl (C=O) groups is 1. The van der Waals surface area contributed by atoms with E-state index in [1.165, 1.54) is 0 Å². The van der Waals surface area contributed by atoms with Gasteiger partial charge < -0.3 is 15.8 Å². The number of benzene rings is 2. The number of hydrogen-bond acceptors (Lipinski definition) is 3. The fraction of sp³-hybridized carbons (Fsp3) is 0.235. The van der Waals surface area contributed by atoms with E-state index in [1.54, 1.807) is 5.32 Å². The molecule has 0 spiro atoms. The number of hydrogen-bond donors (Lipinski definition) is 2. The molecule has 0 saturated heterocycles. The number of nitrogen functional groups attached to an aromatic ring is 1. The molecule has 0 bridgehead atoms. The molecule has 0 aliphatic heterocycles. The van der Waals surface area contributed by atoms with Crippen LogP contribution in [0.5, 0.6) is 5.75 Å². The van der Waals surface area contributed by atoms with Crippen LogP contribution < -0.4 is 15.8 Å². The van der Waals surface area contributed by atoms with E-state index >= 15 is 0 Å². The molecular formula is C17H8BrF11N2O2. The largest absolute Gasteiger partial charge is 0.573 e. The highest BCUT2D eigenvalue weighted by molar-refractivity contribution is 9.10. The van der Waals surface area contributed by atoms with Crippen molar-refractivity contribution < 1.29 is 57.8 Å². The second-order valence-corrected chi connectivity index (χ2v) is 6.96. The first-order valence-electron chi connectivity index (χ1n) is 8.07. The molecule has 4 nitrogen and oxygen atoms in total. The molecule has 0 fully saturated rings. The van der Waals surface area contributed by atoms with Crippen LogP contribution >= 0.6 is 15.9 Å². The standard InChI is InChI=1S/C17H8BrF11N2O2/c18-10-7(14(20,15(21,22)23)16(24,25)26)4-5-9(12(10)33-17(27,28)29)31-13(32)6-2-1-3-8(30)11(6)19/h1-5H,30H2,(H,31,32). The van der Waals surface area contributed by atoms with Gasteiger partial charge in [0.25, 0.3) is 5.91 Å². The average molecular weight is 561 g/mol. The van der Waals surface area contributed by atoms with Gasteiger partial charge in [-0.1, -0.05) is 12.1 Å². The molecule has 2 aromatic rings. The van der Waals surface area contributed by atoms with Gasteiger partial charge in [-0.25, -0.2) is 8.78 Å². The maximum Gasteiger partial charge on any atom is 0.573 e. The Bertz CT molecular complexity index is 1050. The predicted octanol–water partition coefficient (Wildman–Crippen LogP) is 6.61. The topological polar surface area (TPSA) is 64.4 Å². The highest BCUT2D eigenvalue weighted by Gasteiger charge is 2.74. The third-order valence-corrected chi connectivity index (χ3v) is 4.78. The van der Waals surface area contributed by atoms with Crippen LogP contribution in [0, 0.1) is 5.82 Å². The van der Waals surface area contributed by atoms with E-state index in [0.29, 0.717) is 0 Å². The number of alkyl halides is 10. The van der Waals surface area contributed by atoms with Gasteiger partial charge in [-0.3, -0.25) is 4.79 Å². The lowest BCUT2D eigenvalue weighted by atomic mass is 9.93. The minimum Gasteiger partial charge on any atom is -0.402 e. The number of anilines is 2. The summed E-state index contributed by atoms with van der Waals surface area (Å²) in [6.45, 7) is 0. The van der Waals surface area contributed by atoms with E-state index in [-0.39, 0.29) is 12.1 Å². The summed E-state index contributed by atoms with van der Waals surface area (Å²) in [6, 6.07) is 2.84. The minimum absolute atomic E-state index is 0.0923. The van der Waals surface area contributed by atoms with Gasteiger partial charge in [0.15, 0.2) is 11.6 Å². The number of halogens is 12. The Morgan fingerprint density at radius 1 is 0.909 bits per heavy atom. The molecule has 0 atom stereocenters. The second kappa shape index (κ2) is 8.53. The van der Waals surface area contributed by atoms with E-state index < -0.39 is 68.8 Å². The van der Waals surface area contributed by atoms with Gasteiger partial charge in [0.05, 0.1) is 21.4 Å². The zero-order valence-corrected chi connectivity index (χ0v) is 16.9. The van der Waals surface area contributed by atoms with Crippen LogP contribution in [0.3, 0.4) is 0 Å². The fourth-order valence-corrected chi connectivity index (χ4v) is 3.22. The highest BCUT2D eigenvalue weighted by Crippen LogP contribution is 2.57. The Hall–Kier alpha value is -2.78. The van der Waals surface area contributed by atoms with E-state index in [1.807, 2.05) is 0 Å². The van der Waals surface area contributed by atoms with Crippen LogP contribution in [-0.2, 0) is 5.67 Å². The Morgan fingerprint density at radius 3 is 1.94 bits per heavy atom. The molecule has 0 aliphatic rings. The van der Waals surface area contributed by atoms with Crippen LogP contribution in [0.4, 0.5) is 59.7 Å². The first-order valence-corrected chi connectivity index (χ1v) is 8.87. The Morgan fingerprint density at radius 2 is 1.45 bits per heavy atom. The monoisotopic (exact) mass is 560 g/mol. The zero-order valence-electron chi connectivity index (χ0n) is 15.3. The molecule has 33 heavy (non-hydrogen) atoms. The van der Waals surface area contributed by atoms with Crippen LogP contribution in [0.2, 0.25) is 0 Å². The molecule has 0 aromatic heterocycles. The van der Waals surface area contributed by atoms with Gasteiger partial charge in [0.2, 0.25) is 0 Å². The Kier molecular flexibility index (Phi) is 6.85. The van der Waals surface area contributed by atoms with Gasteiger partial charge in [-0.05, 0) is 34.1 Å². The van der Waals surface area contributed by atoms with Crippen molar-refractivity contribution >= 4 is 33.2 Å². The molecule has 182 valence electrons. The van der Waals surface area contributed by atoms with Crippen molar-refractivity contribution in [1.82, 2.24) is 0 Å². The Balaban J connectivity index is 2.71. The highest BCUT2D eigenvalue weighted by atomic mass is 79.9. The molecular weight excluding hydrogens is 553 g/mol. The van der Waals surface area contributed by atoms with Crippen molar-refractivity contribution in [2.45, 2.75) is 24.4 Å². The van der Waals surface area contributed by atoms with Crippen LogP contribution in [0.25, 0.3) is 0 Å². The maximum atomic E-state index is 14.4. The lowest BCUT2D eigenvalue weighted by Gasteiger charge is -2.31. The van der Waals surface area contributed by atoms with Crippen molar-refractivity contribution in [1.29, 1.82) is 0 Å². The first kappa shape index (κ1) is 26.5. The number of amides is 1. The third kappa shape index (κ3) is 5.09. The quantitative estimate of drug-likeness (QED) is 0.327. The molecule has 0 unspecified atom stereocenters. The second-order valence-electron chi connectivity index (χ2n) is 6.17. The summed E-state index contributed by atoms with van der Waals surface area (Å²) in [5.41, 5.74) is -5.76. The molecule has 0 heterocycles. The molecule has 0 aliphatic carbocycles. The summed E-state index contributed by atoms with van der Waals surface area (Å²) >= 11 is 2.07. The van der Waals surface area contributed by atoms with Gasteiger partial charge in [0.1, 0.15) is 0 Å². The fourth-order valence-electron chi connectivity index (χ4n) is 2.52. The van der Waals surface area contributed by atoms with Gasteiger partial charge >= 0.3 is 24.4 Å². The van der Waals surface area contributed by atoms with E-state index in [2.05, 4.69) is 20.7 Å². The predicted molar refractivity (Wildman–Crippen MR) is 94.5 cm³/mol. The zero-order chi connectivity index (χ0) is 25.6. The van der Waals surface area contributed by atoms with E-state index in [4.69, 9.17) is 5.73 Å². The molecule has 1 amide bonds. The van der Waals surface area contributed by atoms with Crippen LogP contribution in [0.15, 0.2) is 34.8 Å². The lowest BCUT2D eigenvalue weighted by molar-refractivity contribution is -0.349. The Labute approximate surface area is 184 Å². The summed E-state index contributed by atoms with van der Waals surface area (Å²) in [7, 11) is 0. The van der Waals surface area contributed by atoms with Crippen molar-refractivity contribution in [2.75, 3.05) is 11.1 Å². The number of carbonyl (C=O) groups excluding carboxylic acids is 1. The molecule has 2 aromatic carbocycles. The minimum atomic E-state index is -6.65. The molecule has 16 heteroatoms. The number of rotatable bonds is 4. The summed E-state index contributed by atoms with van der Waals surface area (Å²) in [5.74, 6) is -4.67. The van der Waals surface area contributed by atoms with E-state index in [0.717, 1.165) is 18.2 Å². The smallest absolute Gasteiger partial charge is 0.402 e. The van der Waals surface area contributed by atoms with Gasteiger partial charge in [-0.15, -0.1) is 13.2 Å². The lowest BCUT2D eigenvalue weighted by Crippen LogP contribution is -2.50. The number of nitrogens with two attached hydrogens (primary N) is 1. The molecule has 2 rings (SSSR count). The average Bonchev–Trinajstić information content (AvgIpc) is 2.63. The summed E-state index contributed by atoms with van der Waals surface area (Å²) in [4.78, 5) is 12.2. The first-order chi connectivity index (χ1) is 14.8. The summed E-state index contributed by atoms with van der Waals surface area (Å²) < 4.78 is 147. The maximum absolute atomic E-state index is 14.4. The van der Waals surface area contributed by atoms with Crippen molar-refractivity contribution in [3.8, 4) is 5.75 Å². The van der Waals surface area contributed by atoms with Crippen LogP contribution in [0.1, 0.15) is 15.9 Å². The normalized spacial score (nSPS) is 13.1. The van der Waals surface area contributed by atoms with E-state index in [9.17, 15) is 53.1 Å². The third-order valence-electron chi connectivity index (χ3n) is 3.99.